The van der Waals surface area contributed by atoms with Gasteiger partial charge in [0.25, 0.3) is 0 Å². The van der Waals surface area contributed by atoms with E-state index in [1.165, 1.54) is 38.5 Å². The maximum atomic E-state index is 6.51. The van der Waals surface area contributed by atoms with E-state index in [2.05, 4.69) is 27.7 Å². The minimum absolute atomic E-state index is 0.454. The van der Waals surface area contributed by atoms with Crippen molar-refractivity contribution in [2.75, 3.05) is 0 Å². The molecule has 1 aliphatic carbocycles. The lowest BCUT2D eigenvalue weighted by molar-refractivity contribution is 0.190. The zero-order chi connectivity index (χ0) is 12.1. The molecule has 1 aliphatic rings. The molecule has 0 aromatic rings. The first-order valence-electron chi connectivity index (χ1n) is 7.22. The molecule has 1 fully saturated rings. The van der Waals surface area contributed by atoms with E-state index in [9.17, 15) is 0 Å². The largest absolute Gasteiger partial charge is 0.123 e. The number of rotatable bonds is 5. The van der Waals surface area contributed by atoms with Gasteiger partial charge in [-0.15, -0.1) is 11.6 Å². The summed E-state index contributed by atoms with van der Waals surface area (Å²) in [6, 6.07) is 0. The van der Waals surface area contributed by atoms with Gasteiger partial charge in [0.2, 0.25) is 0 Å². The van der Waals surface area contributed by atoms with Crippen LogP contribution in [-0.4, -0.2) is 5.38 Å². The van der Waals surface area contributed by atoms with Crippen molar-refractivity contribution in [2.45, 2.75) is 71.6 Å². The molecule has 0 amide bonds. The summed E-state index contributed by atoms with van der Waals surface area (Å²) in [5.74, 6) is 3.45. The zero-order valence-electron chi connectivity index (χ0n) is 11.5. The predicted molar refractivity (Wildman–Crippen MR) is 74.0 cm³/mol. The summed E-state index contributed by atoms with van der Waals surface area (Å²) < 4.78 is 0. The van der Waals surface area contributed by atoms with Crippen LogP contribution in [0.4, 0.5) is 0 Å². The molecule has 0 aromatic heterocycles. The van der Waals surface area contributed by atoms with Crippen LogP contribution >= 0.6 is 11.6 Å². The molecule has 0 saturated heterocycles. The van der Waals surface area contributed by atoms with Crippen LogP contribution in [0.25, 0.3) is 0 Å². The summed E-state index contributed by atoms with van der Waals surface area (Å²) in [6.07, 6.45) is 7.99. The average Bonchev–Trinajstić information content (AvgIpc) is 2.27. The van der Waals surface area contributed by atoms with Crippen LogP contribution in [0.5, 0.6) is 0 Å². The van der Waals surface area contributed by atoms with E-state index in [1.54, 1.807) is 0 Å². The van der Waals surface area contributed by atoms with E-state index in [0.29, 0.717) is 5.38 Å². The van der Waals surface area contributed by atoms with Gasteiger partial charge in [0.05, 0.1) is 0 Å². The molecule has 0 spiro atoms. The fourth-order valence-corrected chi connectivity index (χ4v) is 3.49. The standard InChI is InChI=1S/C15H29Cl/c1-5-12(6-2)9-14-10-13(11(3)4)7-8-15(14)16/h11-15H,5-10H2,1-4H3. The molecule has 16 heavy (non-hydrogen) atoms. The smallest absolute Gasteiger partial charge is 0.0364 e. The van der Waals surface area contributed by atoms with Gasteiger partial charge in [-0.3, -0.25) is 0 Å². The molecule has 0 radical (unpaired) electrons. The van der Waals surface area contributed by atoms with Crippen LogP contribution in [0.2, 0.25) is 0 Å². The maximum Gasteiger partial charge on any atom is 0.0364 e. The van der Waals surface area contributed by atoms with Gasteiger partial charge >= 0.3 is 0 Å². The van der Waals surface area contributed by atoms with Gasteiger partial charge in [-0.2, -0.15) is 0 Å². The van der Waals surface area contributed by atoms with E-state index < -0.39 is 0 Å². The van der Waals surface area contributed by atoms with Crippen molar-refractivity contribution >= 4 is 11.6 Å². The van der Waals surface area contributed by atoms with Crippen molar-refractivity contribution in [2.24, 2.45) is 23.7 Å². The van der Waals surface area contributed by atoms with Crippen LogP contribution in [-0.2, 0) is 0 Å². The first-order chi connectivity index (χ1) is 7.58. The van der Waals surface area contributed by atoms with Crippen molar-refractivity contribution in [3.63, 3.8) is 0 Å². The Bertz CT molecular complexity index is 182. The highest BCUT2D eigenvalue weighted by molar-refractivity contribution is 6.20. The molecule has 1 rings (SSSR count). The molecule has 3 unspecified atom stereocenters. The molecule has 96 valence electrons. The molecular weight excluding hydrogens is 216 g/mol. The van der Waals surface area contributed by atoms with Crippen molar-refractivity contribution < 1.29 is 0 Å². The minimum atomic E-state index is 0.454. The lowest BCUT2D eigenvalue weighted by Gasteiger charge is -2.36. The monoisotopic (exact) mass is 244 g/mol. The van der Waals surface area contributed by atoms with Crippen LogP contribution in [0.3, 0.4) is 0 Å². The topological polar surface area (TPSA) is 0 Å². The Balaban J connectivity index is 2.49. The first-order valence-corrected chi connectivity index (χ1v) is 7.66. The molecular formula is C15H29Cl. The lowest BCUT2D eigenvalue weighted by Crippen LogP contribution is -2.29. The van der Waals surface area contributed by atoms with Gasteiger partial charge in [-0.05, 0) is 49.4 Å². The van der Waals surface area contributed by atoms with E-state index in [4.69, 9.17) is 11.6 Å². The van der Waals surface area contributed by atoms with Gasteiger partial charge in [-0.1, -0.05) is 40.5 Å². The van der Waals surface area contributed by atoms with E-state index in [-0.39, 0.29) is 0 Å². The summed E-state index contributed by atoms with van der Waals surface area (Å²) in [5.41, 5.74) is 0. The third-order valence-corrected chi connectivity index (χ3v) is 5.24. The zero-order valence-corrected chi connectivity index (χ0v) is 12.3. The Hall–Kier alpha value is 0.290. The molecule has 3 atom stereocenters. The van der Waals surface area contributed by atoms with Gasteiger partial charge in [0.1, 0.15) is 0 Å². The summed E-state index contributed by atoms with van der Waals surface area (Å²) in [7, 11) is 0. The number of hydrogen-bond donors (Lipinski definition) is 0. The Morgan fingerprint density at radius 3 is 2.25 bits per heavy atom. The van der Waals surface area contributed by atoms with Crippen LogP contribution in [0.15, 0.2) is 0 Å². The Labute approximate surface area is 107 Å². The lowest BCUT2D eigenvalue weighted by atomic mass is 9.72. The minimum Gasteiger partial charge on any atom is -0.123 e. The van der Waals surface area contributed by atoms with E-state index in [1.807, 2.05) is 0 Å². The molecule has 0 bridgehead atoms. The number of alkyl halides is 1. The summed E-state index contributed by atoms with van der Waals surface area (Å²) >= 11 is 6.51. The second-order valence-corrected chi connectivity index (χ2v) is 6.57. The number of hydrogen-bond acceptors (Lipinski definition) is 0. The Morgan fingerprint density at radius 1 is 1.12 bits per heavy atom. The predicted octanol–water partition coefficient (Wildman–Crippen LogP) is 5.49. The average molecular weight is 245 g/mol. The molecule has 0 aliphatic heterocycles. The third-order valence-electron chi connectivity index (χ3n) is 4.66. The molecule has 1 heteroatoms. The third kappa shape index (κ3) is 3.95. The normalized spacial score (nSPS) is 31.3. The highest BCUT2D eigenvalue weighted by Crippen LogP contribution is 2.40. The van der Waals surface area contributed by atoms with Crippen molar-refractivity contribution in [3.8, 4) is 0 Å². The van der Waals surface area contributed by atoms with Crippen LogP contribution in [0.1, 0.15) is 66.2 Å². The second kappa shape index (κ2) is 6.89. The SMILES string of the molecule is CCC(CC)CC1CC(C(C)C)CCC1Cl. The maximum absolute atomic E-state index is 6.51. The van der Waals surface area contributed by atoms with Crippen molar-refractivity contribution in [1.29, 1.82) is 0 Å². The highest BCUT2D eigenvalue weighted by atomic mass is 35.5. The second-order valence-electron chi connectivity index (χ2n) is 6.01. The summed E-state index contributed by atoms with van der Waals surface area (Å²) in [5, 5.41) is 0.454. The first kappa shape index (κ1) is 14.4. The van der Waals surface area contributed by atoms with Gasteiger partial charge in [0.15, 0.2) is 0 Å². The summed E-state index contributed by atoms with van der Waals surface area (Å²) in [4.78, 5) is 0. The number of halogens is 1. The fraction of sp³-hybridized carbons (Fsp3) is 1.00. The highest BCUT2D eigenvalue weighted by Gasteiger charge is 2.31. The van der Waals surface area contributed by atoms with Crippen LogP contribution in [0, 0.1) is 23.7 Å². The van der Waals surface area contributed by atoms with Gasteiger partial charge in [0, 0.05) is 5.38 Å². The Morgan fingerprint density at radius 2 is 1.75 bits per heavy atom. The van der Waals surface area contributed by atoms with Gasteiger partial charge in [-0.25, -0.2) is 0 Å². The van der Waals surface area contributed by atoms with Gasteiger partial charge < -0.3 is 0 Å². The summed E-state index contributed by atoms with van der Waals surface area (Å²) in [6.45, 7) is 9.38. The quantitative estimate of drug-likeness (QED) is 0.561. The van der Waals surface area contributed by atoms with Crippen molar-refractivity contribution in [3.05, 3.63) is 0 Å². The molecule has 1 saturated carbocycles. The molecule has 0 N–H and O–H groups in total. The molecule has 0 heterocycles. The van der Waals surface area contributed by atoms with Crippen LogP contribution < -0.4 is 0 Å². The van der Waals surface area contributed by atoms with Crippen molar-refractivity contribution in [1.82, 2.24) is 0 Å². The molecule has 0 aromatic carbocycles. The molecule has 0 nitrogen and oxygen atoms in total. The van der Waals surface area contributed by atoms with E-state index >= 15 is 0 Å². The van der Waals surface area contributed by atoms with E-state index in [0.717, 1.165) is 23.7 Å². The fourth-order valence-electron chi connectivity index (χ4n) is 3.16. The Kier molecular flexibility index (Phi) is 6.18.